The molecule has 1 atom stereocenters. The number of nitrogens with zero attached hydrogens (tertiary/aromatic N) is 3. The van der Waals surface area contributed by atoms with E-state index in [-0.39, 0.29) is 11.9 Å². The van der Waals surface area contributed by atoms with E-state index in [1.165, 1.54) is 0 Å². The fraction of sp³-hybridized carbons (Fsp3) is 0.692. The van der Waals surface area contributed by atoms with Gasteiger partial charge in [0, 0.05) is 26.2 Å². The van der Waals surface area contributed by atoms with Crippen molar-refractivity contribution in [2.24, 2.45) is 7.05 Å². The summed E-state index contributed by atoms with van der Waals surface area (Å²) >= 11 is 6.27. The van der Waals surface area contributed by atoms with Gasteiger partial charge in [-0.3, -0.25) is 14.4 Å². The van der Waals surface area contributed by atoms with Crippen LogP contribution in [0.3, 0.4) is 0 Å². The number of likely N-dealkylation sites (tertiary alicyclic amines) is 1. The molecule has 0 saturated carbocycles. The van der Waals surface area contributed by atoms with E-state index in [2.05, 4.69) is 15.3 Å². The Bertz CT molecular complexity index is 471. The molecule has 1 unspecified atom stereocenters. The molecule has 2 heterocycles. The normalized spacial score (nSPS) is 20.5. The van der Waals surface area contributed by atoms with Crippen LogP contribution in [-0.2, 0) is 18.4 Å². The van der Waals surface area contributed by atoms with Crippen LogP contribution in [0.1, 0.15) is 30.5 Å². The molecule has 1 saturated heterocycles. The van der Waals surface area contributed by atoms with Gasteiger partial charge in [0.25, 0.3) is 0 Å². The van der Waals surface area contributed by atoms with E-state index < -0.39 is 0 Å². The van der Waals surface area contributed by atoms with Crippen LogP contribution in [0.4, 0.5) is 0 Å². The van der Waals surface area contributed by atoms with Crippen LogP contribution in [-0.4, -0.2) is 40.2 Å². The fourth-order valence-electron chi connectivity index (χ4n) is 2.70. The van der Waals surface area contributed by atoms with Crippen LogP contribution in [0, 0.1) is 6.92 Å². The first-order chi connectivity index (χ1) is 9.04. The number of halogens is 1. The topological polar surface area (TPSA) is 50.2 Å². The number of amides is 1. The molecule has 0 bridgehead atoms. The number of hydrogen-bond acceptors (Lipinski definition) is 3. The Hall–Kier alpha value is -1.07. The maximum atomic E-state index is 11.9. The fourth-order valence-corrected chi connectivity index (χ4v) is 2.93. The zero-order valence-electron chi connectivity index (χ0n) is 11.7. The van der Waals surface area contributed by atoms with Gasteiger partial charge in [0.2, 0.25) is 5.91 Å². The lowest BCUT2D eigenvalue weighted by Crippen LogP contribution is -2.48. The maximum Gasteiger partial charge on any atom is 0.237 e. The highest BCUT2D eigenvalue weighted by molar-refractivity contribution is 6.30. The molecule has 0 aliphatic carbocycles. The molecular weight excluding hydrogens is 264 g/mol. The van der Waals surface area contributed by atoms with Crippen LogP contribution in [0.25, 0.3) is 0 Å². The molecule has 1 amide bonds. The highest BCUT2D eigenvalue weighted by atomic mass is 35.5. The maximum absolute atomic E-state index is 11.9. The Morgan fingerprint density at radius 1 is 1.53 bits per heavy atom. The minimum Gasteiger partial charge on any atom is -0.358 e. The highest BCUT2D eigenvalue weighted by Gasteiger charge is 2.29. The van der Waals surface area contributed by atoms with E-state index in [9.17, 15) is 4.79 Å². The summed E-state index contributed by atoms with van der Waals surface area (Å²) in [5, 5.41) is 7.74. The van der Waals surface area contributed by atoms with E-state index >= 15 is 0 Å². The van der Waals surface area contributed by atoms with Gasteiger partial charge in [-0.2, -0.15) is 5.10 Å². The number of aryl methyl sites for hydroxylation is 2. The summed E-state index contributed by atoms with van der Waals surface area (Å²) in [6, 6.07) is -0.0468. The molecule has 6 heteroatoms. The van der Waals surface area contributed by atoms with Crippen LogP contribution in [0.5, 0.6) is 0 Å². The molecule has 5 nitrogen and oxygen atoms in total. The lowest BCUT2D eigenvalue weighted by Gasteiger charge is -2.34. The van der Waals surface area contributed by atoms with Gasteiger partial charge >= 0.3 is 0 Å². The number of aromatic nitrogens is 2. The van der Waals surface area contributed by atoms with Crippen molar-refractivity contribution in [2.45, 2.75) is 38.8 Å². The molecule has 1 aromatic rings. The quantitative estimate of drug-likeness (QED) is 0.915. The van der Waals surface area contributed by atoms with Crippen molar-refractivity contribution in [1.82, 2.24) is 20.0 Å². The number of likely N-dealkylation sites (N-methyl/N-ethyl adjacent to an activating group) is 1. The summed E-state index contributed by atoms with van der Waals surface area (Å²) in [7, 11) is 3.53. The number of nitrogens with one attached hydrogen (secondary N) is 1. The number of hydrogen-bond donors (Lipinski definition) is 1. The Kier molecular flexibility index (Phi) is 4.47. The molecule has 1 N–H and O–H groups in total. The van der Waals surface area contributed by atoms with Crippen LogP contribution in [0.15, 0.2) is 0 Å². The second-order valence-electron chi connectivity index (χ2n) is 5.07. The molecule has 106 valence electrons. The lowest BCUT2D eigenvalue weighted by molar-refractivity contribution is -0.127. The third kappa shape index (κ3) is 2.92. The Morgan fingerprint density at radius 2 is 2.26 bits per heavy atom. The van der Waals surface area contributed by atoms with E-state index in [1.54, 1.807) is 11.7 Å². The summed E-state index contributed by atoms with van der Waals surface area (Å²) in [6.45, 7) is 3.58. The molecule has 1 aliphatic rings. The van der Waals surface area contributed by atoms with Gasteiger partial charge < -0.3 is 5.32 Å². The van der Waals surface area contributed by atoms with E-state index in [4.69, 9.17) is 11.6 Å². The van der Waals surface area contributed by atoms with Gasteiger partial charge in [-0.05, 0) is 26.3 Å². The molecule has 0 radical (unpaired) electrons. The van der Waals surface area contributed by atoms with Crippen molar-refractivity contribution in [3.8, 4) is 0 Å². The molecule has 0 spiro atoms. The molecule has 1 fully saturated rings. The van der Waals surface area contributed by atoms with Crippen molar-refractivity contribution in [1.29, 1.82) is 0 Å². The first-order valence-corrected chi connectivity index (χ1v) is 7.06. The summed E-state index contributed by atoms with van der Waals surface area (Å²) in [5.74, 6) is 0.0948. The first kappa shape index (κ1) is 14.3. The molecule has 1 aliphatic heterocycles. The smallest absolute Gasteiger partial charge is 0.237 e. The summed E-state index contributed by atoms with van der Waals surface area (Å²) < 4.78 is 1.69. The molecule has 1 aromatic heterocycles. The Balaban J connectivity index is 2.17. The minimum atomic E-state index is -0.0468. The van der Waals surface area contributed by atoms with Crippen LogP contribution < -0.4 is 5.32 Å². The van der Waals surface area contributed by atoms with Gasteiger partial charge in [-0.25, -0.2) is 0 Å². The second kappa shape index (κ2) is 5.92. The Morgan fingerprint density at radius 3 is 2.84 bits per heavy atom. The van der Waals surface area contributed by atoms with Crippen molar-refractivity contribution in [2.75, 3.05) is 13.6 Å². The number of piperidine rings is 1. The predicted octanol–water partition coefficient (Wildman–Crippen LogP) is 1.48. The number of carbonyl (C=O) groups is 1. The summed E-state index contributed by atoms with van der Waals surface area (Å²) in [6.07, 6.45) is 3.15. The minimum absolute atomic E-state index is 0.0468. The van der Waals surface area contributed by atoms with Crippen LogP contribution >= 0.6 is 11.6 Å². The molecular formula is C13H21ClN4O. The first-order valence-electron chi connectivity index (χ1n) is 6.68. The van der Waals surface area contributed by atoms with Gasteiger partial charge in [-0.1, -0.05) is 18.0 Å². The Labute approximate surface area is 118 Å². The third-order valence-electron chi connectivity index (χ3n) is 3.79. The number of carbonyl (C=O) groups excluding carboxylic acids is 1. The monoisotopic (exact) mass is 284 g/mol. The summed E-state index contributed by atoms with van der Waals surface area (Å²) in [5.41, 5.74) is 1.97. The zero-order chi connectivity index (χ0) is 14.0. The zero-order valence-corrected chi connectivity index (χ0v) is 12.5. The van der Waals surface area contributed by atoms with Crippen molar-refractivity contribution in [3.05, 3.63) is 16.4 Å². The highest BCUT2D eigenvalue weighted by Crippen LogP contribution is 2.25. The molecule has 0 aromatic carbocycles. The van der Waals surface area contributed by atoms with Gasteiger partial charge in [-0.15, -0.1) is 0 Å². The second-order valence-corrected chi connectivity index (χ2v) is 5.43. The SMILES string of the molecule is CNC(=O)C1CCCCN1Cc1c(C)nn(C)c1Cl. The van der Waals surface area contributed by atoms with Crippen molar-refractivity contribution >= 4 is 17.5 Å². The number of rotatable bonds is 3. The van der Waals surface area contributed by atoms with Gasteiger partial charge in [0.05, 0.1) is 11.7 Å². The standard InChI is InChI=1S/C13H21ClN4O/c1-9-10(12(14)17(3)16-9)8-18-7-5-4-6-11(18)13(19)15-2/h11H,4-8H2,1-3H3,(H,15,19). The van der Waals surface area contributed by atoms with Crippen LogP contribution in [0.2, 0.25) is 5.15 Å². The average molecular weight is 285 g/mol. The van der Waals surface area contributed by atoms with Crippen molar-refractivity contribution in [3.63, 3.8) is 0 Å². The largest absolute Gasteiger partial charge is 0.358 e. The summed E-state index contributed by atoms with van der Waals surface area (Å²) in [4.78, 5) is 14.1. The lowest BCUT2D eigenvalue weighted by atomic mass is 10.0. The van der Waals surface area contributed by atoms with E-state index in [0.717, 1.165) is 37.1 Å². The van der Waals surface area contributed by atoms with E-state index in [0.29, 0.717) is 11.7 Å². The van der Waals surface area contributed by atoms with Crippen molar-refractivity contribution < 1.29 is 4.79 Å². The third-order valence-corrected chi connectivity index (χ3v) is 4.27. The predicted molar refractivity (Wildman–Crippen MR) is 75.1 cm³/mol. The molecule has 19 heavy (non-hydrogen) atoms. The van der Waals surface area contributed by atoms with Gasteiger partial charge in [0.15, 0.2) is 0 Å². The van der Waals surface area contributed by atoms with Gasteiger partial charge in [0.1, 0.15) is 5.15 Å². The average Bonchev–Trinajstić information content (AvgIpc) is 2.65. The van der Waals surface area contributed by atoms with E-state index in [1.807, 2.05) is 14.0 Å². The molecule has 2 rings (SSSR count).